The zero-order chi connectivity index (χ0) is 18.8. The third kappa shape index (κ3) is 4.20. The molecular weight excluding hydrogens is 335 g/mol. The molecule has 0 fully saturated rings. The van der Waals surface area contributed by atoms with Crippen molar-refractivity contribution in [3.8, 4) is 5.69 Å². The van der Waals surface area contributed by atoms with Crippen LogP contribution in [0.5, 0.6) is 0 Å². The van der Waals surface area contributed by atoms with Gasteiger partial charge < -0.3 is 15.0 Å². The number of hydrogen-bond donors (Lipinski definition) is 1. The Balaban J connectivity index is 2.60. The second kappa shape index (κ2) is 7.00. The van der Waals surface area contributed by atoms with Crippen LogP contribution < -0.4 is 5.73 Å². The van der Waals surface area contributed by atoms with Crippen LogP contribution in [0.2, 0.25) is 0 Å². The number of benzene rings is 1. The summed E-state index contributed by atoms with van der Waals surface area (Å²) >= 11 is 0. The van der Waals surface area contributed by atoms with Crippen molar-refractivity contribution >= 4 is 17.7 Å². The number of nitrogens with zero attached hydrogens (tertiary/aromatic N) is 2. The van der Waals surface area contributed by atoms with Crippen LogP contribution in [-0.4, -0.2) is 22.1 Å². The number of hydrogen-bond acceptors (Lipinski definition) is 4. The maximum absolute atomic E-state index is 13.3. The number of nitrogen functional groups attached to an aromatic ring is 1. The molecule has 0 amide bonds. The van der Waals surface area contributed by atoms with E-state index in [0.717, 1.165) is 12.1 Å². The molecule has 134 valence electrons. The number of alkyl halides is 3. The molecule has 0 saturated heterocycles. The van der Waals surface area contributed by atoms with Gasteiger partial charge in [-0.3, -0.25) is 0 Å². The van der Waals surface area contributed by atoms with Crippen LogP contribution in [-0.2, 0) is 15.7 Å². The predicted octanol–water partition coefficient (Wildman–Crippen LogP) is 3.67. The molecule has 5 nitrogen and oxygen atoms in total. The van der Waals surface area contributed by atoms with Crippen LogP contribution in [0.1, 0.15) is 29.6 Å². The van der Waals surface area contributed by atoms with Gasteiger partial charge in [0.15, 0.2) is 0 Å². The first kappa shape index (κ1) is 18.6. The van der Waals surface area contributed by atoms with Gasteiger partial charge in [0.05, 0.1) is 23.6 Å². The van der Waals surface area contributed by atoms with Gasteiger partial charge >= 0.3 is 12.1 Å². The van der Waals surface area contributed by atoms with Crippen molar-refractivity contribution in [1.29, 1.82) is 0 Å². The molecule has 2 rings (SSSR count). The summed E-state index contributed by atoms with van der Waals surface area (Å²) in [5.41, 5.74) is 5.24. The van der Waals surface area contributed by atoms with Gasteiger partial charge in [-0.25, -0.2) is 9.78 Å². The lowest BCUT2D eigenvalue weighted by molar-refractivity contribution is -0.137. The number of aromatic nitrogens is 2. The molecule has 2 aromatic rings. The van der Waals surface area contributed by atoms with Gasteiger partial charge in [0.25, 0.3) is 0 Å². The highest BCUT2D eigenvalue weighted by atomic mass is 19.4. The minimum atomic E-state index is -4.63. The first-order valence-electron chi connectivity index (χ1n) is 7.52. The van der Waals surface area contributed by atoms with Crippen LogP contribution in [0.15, 0.2) is 24.4 Å². The van der Waals surface area contributed by atoms with Crippen LogP contribution >= 0.6 is 0 Å². The van der Waals surface area contributed by atoms with Gasteiger partial charge in [-0.05, 0) is 39.0 Å². The molecule has 2 N–H and O–H groups in total. The van der Waals surface area contributed by atoms with Gasteiger partial charge in [0, 0.05) is 23.5 Å². The maximum atomic E-state index is 13.3. The number of nitrogens with two attached hydrogens (primary N) is 1. The quantitative estimate of drug-likeness (QED) is 0.517. The van der Waals surface area contributed by atoms with E-state index in [9.17, 15) is 18.0 Å². The van der Waals surface area contributed by atoms with E-state index in [1.807, 2.05) is 0 Å². The monoisotopic (exact) mass is 353 g/mol. The van der Waals surface area contributed by atoms with Crippen molar-refractivity contribution in [2.24, 2.45) is 0 Å². The van der Waals surface area contributed by atoms with E-state index >= 15 is 0 Å². The number of halogens is 3. The normalized spacial score (nSPS) is 11.9. The van der Waals surface area contributed by atoms with Crippen molar-refractivity contribution in [3.63, 3.8) is 0 Å². The Morgan fingerprint density at radius 2 is 2.04 bits per heavy atom. The number of ether oxygens (including phenoxy) is 1. The Kier molecular flexibility index (Phi) is 5.20. The molecule has 1 heterocycles. The molecule has 0 aliphatic heterocycles. The summed E-state index contributed by atoms with van der Waals surface area (Å²) in [6.07, 6.45) is -0.744. The fourth-order valence-corrected chi connectivity index (χ4v) is 2.40. The Hall–Kier alpha value is -2.77. The maximum Gasteiger partial charge on any atom is 0.418 e. The van der Waals surface area contributed by atoms with E-state index in [2.05, 4.69) is 4.98 Å². The molecule has 0 aliphatic rings. The topological polar surface area (TPSA) is 70.1 Å². The molecule has 0 bridgehead atoms. The highest BCUT2D eigenvalue weighted by Crippen LogP contribution is 2.37. The van der Waals surface area contributed by atoms with Crippen molar-refractivity contribution in [3.05, 3.63) is 47.1 Å². The summed E-state index contributed by atoms with van der Waals surface area (Å²) in [7, 11) is 0. The third-order valence-electron chi connectivity index (χ3n) is 3.47. The van der Waals surface area contributed by atoms with E-state index in [0.29, 0.717) is 11.5 Å². The fourth-order valence-electron chi connectivity index (χ4n) is 2.40. The van der Waals surface area contributed by atoms with E-state index < -0.39 is 23.4 Å². The van der Waals surface area contributed by atoms with Crippen molar-refractivity contribution in [2.75, 3.05) is 12.3 Å². The number of esters is 1. The zero-order valence-corrected chi connectivity index (χ0v) is 14.0. The first-order chi connectivity index (χ1) is 11.6. The number of aryl methyl sites for hydroxylation is 2. The van der Waals surface area contributed by atoms with Crippen LogP contribution in [0.25, 0.3) is 11.8 Å². The second-order valence-electron chi connectivity index (χ2n) is 5.38. The van der Waals surface area contributed by atoms with Gasteiger partial charge in [0.2, 0.25) is 0 Å². The highest BCUT2D eigenvalue weighted by molar-refractivity contribution is 5.88. The van der Waals surface area contributed by atoms with Crippen molar-refractivity contribution in [1.82, 2.24) is 9.55 Å². The number of imidazole rings is 1. The smallest absolute Gasteiger partial charge is 0.418 e. The molecule has 8 heteroatoms. The molecule has 0 spiro atoms. The van der Waals surface area contributed by atoms with Gasteiger partial charge in [0.1, 0.15) is 5.82 Å². The third-order valence-corrected chi connectivity index (χ3v) is 3.47. The highest BCUT2D eigenvalue weighted by Gasteiger charge is 2.34. The summed E-state index contributed by atoms with van der Waals surface area (Å²) in [6.45, 7) is 5.23. The molecule has 0 radical (unpaired) electrons. The zero-order valence-electron chi connectivity index (χ0n) is 14.0. The van der Waals surface area contributed by atoms with Crippen LogP contribution in [0, 0.1) is 13.8 Å². The summed E-state index contributed by atoms with van der Waals surface area (Å²) in [4.78, 5) is 15.6. The molecule has 1 aromatic carbocycles. The fraction of sp³-hybridized carbons (Fsp3) is 0.294. The van der Waals surface area contributed by atoms with Crippen LogP contribution in [0.3, 0.4) is 0 Å². The van der Waals surface area contributed by atoms with Crippen LogP contribution in [0.4, 0.5) is 18.9 Å². The largest absolute Gasteiger partial charge is 0.463 e. The number of rotatable bonds is 4. The lowest BCUT2D eigenvalue weighted by Crippen LogP contribution is -2.12. The Morgan fingerprint density at radius 1 is 1.36 bits per heavy atom. The number of carbonyl (C=O) groups excluding carboxylic acids is 1. The Bertz CT molecular complexity index is 823. The van der Waals surface area contributed by atoms with Gasteiger partial charge in [-0.1, -0.05) is 0 Å². The SMILES string of the molecule is CCOC(=O)/C=C/c1cc(-n2cc(C)nc2C)cc(C(F)(F)F)c1N. The lowest BCUT2D eigenvalue weighted by atomic mass is 10.0. The predicted molar refractivity (Wildman–Crippen MR) is 88.1 cm³/mol. The molecule has 0 unspecified atom stereocenters. The molecule has 25 heavy (non-hydrogen) atoms. The summed E-state index contributed by atoms with van der Waals surface area (Å²) in [5.74, 6) is -0.119. The molecule has 1 aromatic heterocycles. The molecule has 0 atom stereocenters. The average molecular weight is 353 g/mol. The van der Waals surface area contributed by atoms with Gasteiger partial charge in [-0.15, -0.1) is 0 Å². The minimum absolute atomic E-state index is 0.0728. The number of carbonyl (C=O) groups is 1. The summed E-state index contributed by atoms with van der Waals surface area (Å²) in [6, 6.07) is 2.43. The standard InChI is InChI=1S/C17H18F3N3O2/c1-4-25-15(24)6-5-12-7-13(23-9-10(2)22-11(23)3)8-14(16(12)21)17(18,19)20/h5-9H,4,21H2,1-3H3/b6-5+. The lowest BCUT2D eigenvalue weighted by Gasteiger charge is -2.16. The molecule has 0 aliphatic carbocycles. The van der Waals surface area contributed by atoms with E-state index in [-0.39, 0.29) is 17.9 Å². The van der Waals surface area contributed by atoms with E-state index in [1.54, 1.807) is 27.0 Å². The van der Waals surface area contributed by atoms with Crippen molar-refractivity contribution < 1.29 is 22.7 Å². The van der Waals surface area contributed by atoms with E-state index in [1.165, 1.54) is 16.7 Å². The van der Waals surface area contributed by atoms with Crippen molar-refractivity contribution in [2.45, 2.75) is 26.9 Å². The first-order valence-corrected chi connectivity index (χ1v) is 7.52. The molecular formula is C17H18F3N3O2. The summed E-state index contributed by atoms with van der Waals surface area (Å²) in [5, 5.41) is 0. The summed E-state index contributed by atoms with van der Waals surface area (Å²) < 4.78 is 46.3. The molecule has 0 saturated carbocycles. The number of anilines is 1. The average Bonchev–Trinajstić information content (AvgIpc) is 2.84. The van der Waals surface area contributed by atoms with E-state index in [4.69, 9.17) is 10.5 Å². The Morgan fingerprint density at radius 3 is 2.56 bits per heavy atom. The van der Waals surface area contributed by atoms with Gasteiger partial charge in [-0.2, -0.15) is 13.2 Å². The Labute approximate surface area is 142 Å². The minimum Gasteiger partial charge on any atom is -0.463 e. The second-order valence-corrected chi connectivity index (χ2v) is 5.38.